The maximum atomic E-state index is 5.28. The zero-order chi connectivity index (χ0) is 6.24. The van der Waals surface area contributed by atoms with Crippen LogP contribution in [-0.4, -0.2) is 32.0 Å². The van der Waals surface area contributed by atoms with Gasteiger partial charge in [-0.15, -0.1) is 0 Å². The molecule has 4 N–H and O–H groups in total. The number of unbranched alkanes of at least 4 members (excludes halogenated alkanes) is 3. The van der Waals surface area contributed by atoms with Crippen LogP contribution in [0.25, 0.3) is 0 Å². The normalized spacial score (nSPS) is 8.67. The average Bonchev–Trinajstić information content (AvgIpc) is 1.81. The van der Waals surface area contributed by atoms with Gasteiger partial charge < -0.3 is 11.5 Å². The van der Waals surface area contributed by atoms with Crippen LogP contribution in [0.3, 0.4) is 0 Å². The van der Waals surface area contributed by atoms with Crippen molar-refractivity contribution in [2.24, 2.45) is 11.5 Å². The van der Waals surface area contributed by atoms with E-state index < -0.39 is 0 Å². The minimum atomic E-state index is 0. The second-order valence-electron chi connectivity index (χ2n) is 1.99. The molecule has 0 spiro atoms. The van der Waals surface area contributed by atoms with E-state index >= 15 is 0 Å². The molecule has 2 nitrogen and oxygen atoms in total. The Morgan fingerprint density at radius 1 is 0.667 bits per heavy atom. The molecule has 0 amide bonds. The van der Waals surface area contributed by atoms with Crippen LogP contribution in [0.5, 0.6) is 0 Å². The molecule has 0 fully saturated rings. The van der Waals surface area contributed by atoms with E-state index in [1.165, 1.54) is 12.8 Å². The maximum absolute atomic E-state index is 5.28. The molecule has 0 radical (unpaired) electrons. The van der Waals surface area contributed by atoms with E-state index in [0.29, 0.717) is 0 Å². The molecule has 0 aliphatic heterocycles. The fourth-order valence-corrected chi connectivity index (χ4v) is 0.642. The van der Waals surface area contributed by atoms with E-state index in [1.54, 1.807) is 0 Å². The predicted octanol–water partition coefficient (Wildman–Crippen LogP) is -0.184. The van der Waals surface area contributed by atoms with Gasteiger partial charge in [-0.25, -0.2) is 0 Å². The van der Waals surface area contributed by atoms with Crippen molar-refractivity contribution in [1.82, 2.24) is 0 Å². The third kappa shape index (κ3) is 11.9. The van der Waals surface area contributed by atoms with Crippen LogP contribution in [0.4, 0.5) is 0 Å². The number of hydrogen-bond donors (Lipinski definition) is 2. The van der Waals surface area contributed by atoms with E-state index in [4.69, 9.17) is 11.5 Å². The number of nitrogens with two attached hydrogens (primary N) is 2. The third-order valence-corrected chi connectivity index (χ3v) is 1.16. The van der Waals surface area contributed by atoms with Crippen LogP contribution >= 0.6 is 0 Å². The minimum absolute atomic E-state index is 0. The van der Waals surface area contributed by atoms with Crippen molar-refractivity contribution in [3.8, 4) is 0 Å². The van der Waals surface area contributed by atoms with Crippen LogP contribution in [0, 0.1) is 0 Å². The fourth-order valence-electron chi connectivity index (χ4n) is 0.642. The Bertz CT molecular complexity index is 36.0. The molecule has 52 valence electrons. The quantitative estimate of drug-likeness (QED) is 0.394. The van der Waals surface area contributed by atoms with Crippen LogP contribution in [0.15, 0.2) is 0 Å². The van der Waals surface area contributed by atoms with Crippen LogP contribution < -0.4 is 11.5 Å². The Kier molecular flexibility index (Phi) is 15.4. The third-order valence-electron chi connectivity index (χ3n) is 1.16. The van der Waals surface area contributed by atoms with Gasteiger partial charge in [-0.2, -0.15) is 0 Å². The SMILES string of the molecule is NCCCCCCN.[LiH]. The summed E-state index contributed by atoms with van der Waals surface area (Å²) in [6.07, 6.45) is 4.79. The number of hydrogen-bond acceptors (Lipinski definition) is 2. The standard InChI is InChI=1S/C6H16N2.Li.H/c7-5-3-1-2-4-6-8;;/h1-8H2;;. The van der Waals surface area contributed by atoms with Crippen molar-refractivity contribution < 1.29 is 0 Å². The molecule has 0 saturated heterocycles. The van der Waals surface area contributed by atoms with Gasteiger partial charge in [-0.1, -0.05) is 12.8 Å². The van der Waals surface area contributed by atoms with E-state index in [-0.39, 0.29) is 18.9 Å². The summed E-state index contributed by atoms with van der Waals surface area (Å²) in [6.45, 7) is 1.65. The van der Waals surface area contributed by atoms with E-state index in [9.17, 15) is 0 Å². The molecule has 0 aliphatic carbocycles. The first-order chi connectivity index (χ1) is 3.91. The topological polar surface area (TPSA) is 52.0 Å². The molecule has 0 aromatic heterocycles. The van der Waals surface area contributed by atoms with E-state index in [1.807, 2.05) is 0 Å². The van der Waals surface area contributed by atoms with Gasteiger partial charge in [0.1, 0.15) is 0 Å². The van der Waals surface area contributed by atoms with Crippen LogP contribution in [0.1, 0.15) is 25.7 Å². The molecule has 0 unspecified atom stereocenters. The second-order valence-corrected chi connectivity index (χ2v) is 1.99. The number of rotatable bonds is 5. The van der Waals surface area contributed by atoms with Gasteiger partial charge in [0, 0.05) is 0 Å². The van der Waals surface area contributed by atoms with Crippen molar-refractivity contribution in [2.75, 3.05) is 13.1 Å². The summed E-state index contributed by atoms with van der Waals surface area (Å²) in [7, 11) is 0. The van der Waals surface area contributed by atoms with Crippen molar-refractivity contribution in [3.63, 3.8) is 0 Å². The van der Waals surface area contributed by atoms with Gasteiger partial charge in [0.25, 0.3) is 0 Å². The summed E-state index contributed by atoms with van der Waals surface area (Å²) in [4.78, 5) is 0. The first-order valence-electron chi connectivity index (χ1n) is 3.32. The molecule has 3 heteroatoms. The predicted molar refractivity (Wildman–Crippen MR) is 43.7 cm³/mol. The molecular formula is C6H17LiN2. The summed E-state index contributed by atoms with van der Waals surface area (Å²) < 4.78 is 0. The zero-order valence-electron chi connectivity index (χ0n) is 5.40. The Labute approximate surface area is 69.5 Å². The summed E-state index contributed by atoms with van der Waals surface area (Å²) in [5, 5.41) is 0. The van der Waals surface area contributed by atoms with Crippen molar-refractivity contribution in [1.29, 1.82) is 0 Å². The van der Waals surface area contributed by atoms with Gasteiger partial charge in [0.15, 0.2) is 0 Å². The average molecular weight is 124 g/mol. The summed E-state index contributed by atoms with van der Waals surface area (Å²) >= 11 is 0. The molecule has 9 heavy (non-hydrogen) atoms. The Balaban J connectivity index is 0. The molecule has 0 atom stereocenters. The van der Waals surface area contributed by atoms with Crippen molar-refractivity contribution in [3.05, 3.63) is 0 Å². The monoisotopic (exact) mass is 124 g/mol. The molecule has 0 aliphatic rings. The fraction of sp³-hybridized carbons (Fsp3) is 1.00. The van der Waals surface area contributed by atoms with Gasteiger partial charge in [-0.05, 0) is 25.9 Å². The van der Waals surface area contributed by atoms with Crippen molar-refractivity contribution >= 4 is 18.9 Å². The van der Waals surface area contributed by atoms with Gasteiger partial charge in [0.05, 0.1) is 0 Å². The molecule has 0 aromatic rings. The molecule has 0 bridgehead atoms. The molecular weight excluding hydrogens is 107 g/mol. The molecule has 0 heterocycles. The first-order valence-corrected chi connectivity index (χ1v) is 3.32. The first kappa shape index (κ1) is 12.2. The van der Waals surface area contributed by atoms with Crippen LogP contribution in [-0.2, 0) is 0 Å². The summed E-state index contributed by atoms with van der Waals surface area (Å²) in [5.74, 6) is 0. The van der Waals surface area contributed by atoms with Crippen LogP contribution in [0.2, 0.25) is 0 Å². The molecule has 0 rings (SSSR count). The van der Waals surface area contributed by atoms with Gasteiger partial charge in [0.2, 0.25) is 0 Å². The summed E-state index contributed by atoms with van der Waals surface area (Å²) in [6, 6.07) is 0. The van der Waals surface area contributed by atoms with E-state index in [2.05, 4.69) is 0 Å². The van der Waals surface area contributed by atoms with Gasteiger partial charge in [-0.3, -0.25) is 0 Å². The summed E-state index contributed by atoms with van der Waals surface area (Å²) in [5.41, 5.74) is 10.6. The Morgan fingerprint density at radius 2 is 1.00 bits per heavy atom. The van der Waals surface area contributed by atoms with Crippen molar-refractivity contribution in [2.45, 2.75) is 25.7 Å². The zero-order valence-corrected chi connectivity index (χ0v) is 5.40. The Hall–Kier alpha value is 0.517. The molecule has 0 saturated carbocycles. The second kappa shape index (κ2) is 11.3. The van der Waals surface area contributed by atoms with Gasteiger partial charge >= 0.3 is 18.9 Å². The van der Waals surface area contributed by atoms with E-state index in [0.717, 1.165) is 25.9 Å². The Morgan fingerprint density at radius 3 is 1.22 bits per heavy atom. The molecule has 0 aromatic carbocycles.